The second kappa shape index (κ2) is 11.0. The van der Waals surface area contributed by atoms with Crippen molar-refractivity contribution < 1.29 is 4.84 Å². The summed E-state index contributed by atoms with van der Waals surface area (Å²) in [6.07, 6.45) is 12.9. The van der Waals surface area contributed by atoms with Gasteiger partial charge in [0.05, 0.1) is 17.2 Å². The molecule has 1 aliphatic carbocycles. The van der Waals surface area contributed by atoms with Crippen LogP contribution in [0.15, 0.2) is 71.2 Å². The molecule has 1 fully saturated rings. The van der Waals surface area contributed by atoms with Crippen LogP contribution in [0, 0.1) is 0 Å². The number of nitrogens with zero attached hydrogens (tertiary/aromatic N) is 5. The molecule has 1 aromatic carbocycles. The Morgan fingerprint density at radius 1 is 1.00 bits per heavy atom. The zero-order valence-electron chi connectivity index (χ0n) is 21.1. The molecule has 8 nitrogen and oxygen atoms in total. The molecule has 3 aromatic heterocycles. The molecule has 1 saturated carbocycles. The molecule has 0 saturated heterocycles. The Kier molecular flexibility index (Phi) is 7.20. The number of aromatic nitrogens is 4. The van der Waals surface area contributed by atoms with E-state index in [1.54, 1.807) is 0 Å². The number of hydrogen-bond acceptors (Lipinski definition) is 8. The smallest absolute Gasteiger partial charge is 0.165 e. The number of nitrogens with one attached hydrogen (secondary N) is 1. The lowest BCUT2D eigenvalue weighted by Crippen LogP contribution is -2.34. The maximum atomic E-state index is 6.25. The van der Waals surface area contributed by atoms with Gasteiger partial charge in [-0.15, -0.1) is 0 Å². The molecule has 194 valence electrons. The van der Waals surface area contributed by atoms with Crippen molar-refractivity contribution in [2.45, 2.75) is 44.6 Å². The van der Waals surface area contributed by atoms with Crippen molar-refractivity contribution in [2.24, 2.45) is 0 Å². The van der Waals surface area contributed by atoms with Gasteiger partial charge in [0.2, 0.25) is 0 Å². The van der Waals surface area contributed by atoms with E-state index in [9.17, 15) is 0 Å². The molecular weight excluding hydrogens is 542 g/mol. The molecule has 6 rings (SSSR count). The first-order chi connectivity index (χ1) is 18.6. The number of benzene rings is 1. The standard InChI is InChI=1S/C29H30BrN7O/c30-21-6-4-5-19(15-21)24-16-25(35-29-27(24)28(31)33-18-34-29)20-9-10-26(32-17-20)37-13-11-22(12-14-37)36-38-23-7-2-1-3-8-23/h4-6,9-11,15-18,23,36H,1-3,7-8,12-14H2,(H2,31,33,34,35). The predicted molar refractivity (Wildman–Crippen MR) is 154 cm³/mol. The summed E-state index contributed by atoms with van der Waals surface area (Å²) in [4.78, 5) is 26.4. The summed E-state index contributed by atoms with van der Waals surface area (Å²) < 4.78 is 0.984. The molecule has 0 spiro atoms. The van der Waals surface area contributed by atoms with Crippen molar-refractivity contribution in [3.63, 3.8) is 0 Å². The third kappa shape index (κ3) is 5.35. The molecule has 0 bridgehead atoms. The van der Waals surface area contributed by atoms with E-state index in [4.69, 9.17) is 20.5 Å². The number of hydrogen-bond donors (Lipinski definition) is 2. The molecule has 0 unspecified atom stereocenters. The summed E-state index contributed by atoms with van der Waals surface area (Å²) in [5, 5.41) is 0.746. The van der Waals surface area contributed by atoms with Gasteiger partial charge in [-0.25, -0.2) is 19.9 Å². The van der Waals surface area contributed by atoms with E-state index in [2.05, 4.69) is 60.6 Å². The Labute approximate surface area is 230 Å². The second-order valence-corrected chi connectivity index (χ2v) is 10.7. The van der Waals surface area contributed by atoms with E-state index >= 15 is 0 Å². The molecule has 38 heavy (non-hydrogen) atoms. The van der Waals surface area contributed by atoms with E-state index in [1.165, 1.54) is 25.6 Å². The van der Waals surface area contributed by atoms with Gasteiger partial charge in [-0.05, 0) is 60.4 Å². The Bertz CT molecular complexity index is 1470. The fourth-order valence-corrected chi connectivity index (χ4v) is 5.56. The minimum atomic E-state index is 0.340. The van der Waals surface area contributed by atoms with E-state index in [1.807, 2.05) is 30.5 Å². The Morgan fingerprint density at radius 2 is 1.89 bits per heavy atom. The summed E-state index contributed by atoms with van der Waals surface area (Å²) in [6.45, 7) is 1.68. The number of nitrogens with two attached hydrogens (primary N) is 1. The monoisotopic (exact) mass is 571 g/mol. The first kappa shape index (κ1) is 24.8. The van der Waals surface area contributed by atoms with Crippen LogP contribution in [0.4, 0.5) is 11.6 Å². The summed E-state index contributed by atoms with van der Waals surface area (Å²) in [7, 11) is 0. The molecule has 0 radical (unpaired) electrons. The largest absolute Gasteiger partial charge is 0.383 e. The maximum absolute atomic E-state index is 6.25. The third-order valence-electron chi connectivity index (χ3n) is 7.25. The number of anilines is 2. The molecule has 4 heterocycles. The number of rotatable bonds is 6. The van der Waals surface area contributed by atoms with Crippen LogP contribution < -0.4 is 16.1 Å². The topological polar surface area (TPSA) is 102 Å². The van der Waals surface area contributed by atoms with E-state index in [-0.39, 0.29) is 0 Å². The van der Waals surface area contributed by atoms with Crippen LogP contribution in [0.5, 0.6) is 0 Å². The molecule has 2 aliphatic rings. The van der Waals surface area contributed by atoms with Gasteiger partial charge in [0.25, 0.3) is 0 Å². The highest BCUT2D eigenvalue weighted by Crippen LogP contribution is 2.35. The van der Waals surface area contributed by atoms with Crippen molar-refractivity contribution in [1.29, 1.82) is 0 Å². The van der Waals surface area contributed by atoms with Crippen molar-refractivity contribution in [2.75, 3.05) is 23.7 Å². The Balaban J connectivity index is 1.21. The Morgan fingerprint density at radius 3 is 2.66 bits per heavy atom. The predicted octanol–water partition coefficient (Wildman–Crippen LogP) is 6.05. The zero-order chi connectivity index (χ0) is 25.9. The quantitative estimate of drug-likeness (QED) is 0.270. The molecular formula is C29H30BrN7O. The van der Waals surface area contributed by atoms with Gasteiger partial charge in [0.15, 0.2) is 5.65 Å². The lowest BCUT2D eigenvalue weighted by atomic mass is 9.98. The fourth-order valence-electron chi connectivity index (χ4n) is 5.16. The van der Waals surface area contributed by atoms with Crippen molar-refractivity contribution in [3.05, 3.63) is 71.2 Å². The van der Waals surface area contributed by atoms with Crippen molar-refractivity contribution >= 4 is 38.6 Å². The number of pyridine rings is 2. The van der Waals surface area contributed by atoms with Crippen molar-refractivity contribution in [3.8, 4) is 22.4 Å². The molecule has 0 amide bonds. The van der Waals surface area contributed by atoms with Crippen LogP contribution in [0.2, 0.25) is 0 Å². The molecule has 9 heteroatoms. The lowest BCUT2D eigenvalue weighted by Gasteiger charge is -2.29. The highest BCUT2D eigenvalue weighted by atomic mass is 79.9. The summed E-state index contributed by atoms with van der Waals surface area (Å²) in [5.74, 6) is 1.35. The average Bonchev–Trinajstić information content (AvgIpc) is 2.97. The SMILES string of the molecule is Nc1ncnc2nc(-c3ccc(N4CC=C(NOC5CCCCC5)CC4)nc3)cc(-c3cccc(Br)c3)c12. The second-order valence-electron chi connectivity index (χ2n) is 9.83. The number of halogens is 1. The van der Waals surface area contributed by atoms with Crippen LogP contribution in [-0.2, 0) is 4.84 Å². The van der Waals surface area contributed by atoms with Crippen LogP contribution in [0.3, 0.4) is 0 Å². The van der Waals surface area contributed by atoms with Gasteiger partial charge in [-0.2, -0.15) is 0 Å². The van der Waals surface area contributed by atoms with E-state index in [0.717, 1.165) is 76.1 Å². The van der Waals surface area contributed by atoms with Crippen LogP contribution in [0.25, 0.3) is 33.4 Å². The summed E-state index contributed by atoms with van der Waals surface area (Å²) in [5.41, 5.74) is 14.8. The molecule has 1 aliphatic heterocycles. The first-order valence-electron chi connectivity index (χ1n) is 13.1. The molecule has 0 atom stereocenters. The van der Waals surface area contributed by atoms with Crippen molar-refractivity contribution in [1.82, 2.24) is 25.4 Å². The number of fused-ring (bicyclic) bond motifs is 1. The van der Waals surface area contributed by atoms with Crippen LogP contribution in [0.1, 0.15) is 38.5 Å². The van der Waals surface area contributed by atoms with Crippen LogP contribution >= 0.6 is 15.9 Å². The van der Waals surface area contributed by atoms with Gasteiger partial charge in [0, 0.05) is 41.4 Å². The number of hydroxylamine groups is 1. The minimum absolute atomic E-state index is 0.340. The molecule has 4 aromatic rings. The summed E-state index contributed by atoms with van der Waals surface area (Å²) >= 11 is 3.57. The van der Waals surface area contributed by atoms with Gasteiger partial charge in [-0.1, -0.05) is 47.3 Å². The van der Waals surface area contributed by atoms with E-state index < -0.39 is 0 Å². The van der Waals surface area contributed by atoms with E-state index in [0.29, 0.717) is 17.6 Å². The van der Waals surface area contributed by atoms with Gasteiger partial charge in [0.1, 0.15) is 18.0 Å². The highest BCUT2D eigenvalue weighted by molar-refractivity contribution is 9.10. The fraction of sp³-hybridized carbons (Fsp3) is 0.310. The highest BCUT2D eigenvalue weighted by Gasteiger charge is 2.18. The first-order valence-corrected chi connectivity index (χ1v) is 13.9. The van der Waals surface area contributed by atoms with Gasteiger partial charge in [-0.3, -0.25) is 10.3 Å². The molecule has 3 N–H and O–H groups in total. The Hall–Kier alpha value is -3.56. The van der Waals surface area contributed by atoms with Gasteiger partial charge >= 0.3 is 0 Å². The van der Waals surface area contributed by atoms with Gasteiger partial charge < -0.3 is 10.6 Å². The third-order valence-corrected chi connectivity index (χ3v) is 7.75. The minimum Gasteiger partial charge on any atom is -0.383 e. The average molecular weight is 573 g/mol. The van der Waals surface area contributed by atoms with Crippen LogP contribution in [-0.4, -0.2) is 39.1 Å². The lowest BCUT2D eigenvalue weighted by molar-refractivity contribution is -0.0281. The maximum Gasteiger partial charge on any atom is 0.165 e. The zero-order valence-corrected chi connectivity index (χ0v) is 22.7. The number of nitrogen functional groups attached to an aromatic ring is 1. The normalized spacial score (nSPS) is 16.4. The summed E-state index contributed by atoms with van der Waals surface area (Å²) in [6, 6.07) is 14.2.